The van der Waals surface area contributed by atoms with E-state index >= 15 is 0 Å². The van der Waals surface area contributed by atoms with Gasteiger partial charge in [-0.25, -0.2) is 4.98 Å². The summed E-state index contributed by atoms with van der Waals surface area (Å²) in [4.78, 5) is 23.3. The van der Waals surface area contributed by atoms with Crippen LogP contribution in [0.2, 0.25) is 0 Å². The standard InChI is InChI=1S/C23H29N3OS2/c1-23(2,3)17-12-10-16(11-13-17)21(27)26(15-14-25(4)5)22-24-20-18(28-6)8-7-9-19(20)29-22/h7-13H,14-15H2,1-6H3. The van der Waals surface area contributed by atoms with Crippen LogP contribution in [0.3, 0.4) is 0 Å². The van der Waals surface area contributed by atoms with Crippen LogP contribution in [-0.4, -0.2) is 49.2 Å². The predicted molar refractivity (Wildman–Crippen MR) is 127 cm³/mol. The average molecular weight is 428 g/mol. The molecule has 0 saturated carbocycles. The van der Waals surface area contributed by atoms with E-state index in [1.807, 2.05) is 37.2 Å². The van der Waals surface area contributed by atoms with Gasteiger partial charge in [-0.3, -0.25) is 9.69 Å². The van der Waals surface area contributed by atoms with Crippen molar-refractivity contribution in [2.24, 2.45) is 0 Å². The smallest absolute Gasteiger partial charge is 0.260 e. The fourth-order valence-electron chi connectivity index (χ4n) is 3.04. The van der Waals surface area contributed by atoms with Gasteiger partial charge in [-0.05, 0) is 55.6 Å². The zero-order chi connectivity index (χ0) is 21.2. The van der Waals surface area contributed by atoms with Gasteiger partial charge in [-0.1, -0.05) is 50.3 Å². The average Bonchev–Trinajstić information content (AvgIpc) is 3.11. The second kappa shape index (κ2) is 8.86. The van der Waals surface area contributed by atoms with Crippen LogP contribution in [0.4, 0.5) is 5.13 Å². The van der Waals surface area contributed by atoms with Crippen molar-refractivity contribution in [3.8, 4) is 0 Å². The normalized spacial score (nSPS) is 12.0. The SMILES string of the molecule is CSc1cccc2sc(N(CCN(C)C)C(=O)c3ccc(C(C)(C)C)cc3)nc12. The summed E-state index contributed by atoms with van der Waals surface area (Å²) in [5.41, 5.74) is 2.96. The van der Waals surface area contributed by atoms with Crippen molar-refractivity contribution in [2.75, 3.05) is 38.3 Å². The highest BCUT2D eigenvalue weighted by Gasteiger charge is 2.23. The molecule has 0 aliphatic carbocycles. The van der Waals surface area contributed by atoms with Gasteiger partial charge in [0.2, 0.25) is 0 Å². The number of thioether (sulfide) groups is 1. The molecule has 154 valence electrons. The minimum absolute atomic E-state index is 0.00272. The van der Waals surface area contributed by atoms with Crippen LogP contribution in [0.25, 0.3) is 10.2 Å². The molecular weight excluding hydrogens is 398 g/mol. The molecule has 4 nitrogen and oxygen atoms in total. The van der Waals surface area contributed by atoms with Crippen molar-refractivity contribution in [3.63, 3.8) is 0 Å². The summed E-state index contributed by atoms with van der Waals surface area (Å²) in [5, 5.41) is 0.758. The van der Waals surface area contributed by atoms with Gasteiger partial charge >= 0.3 is 0 Å². The molecule has 1 amide bonds. The Kier molecular flexibility index (Phi) is 6.66. The number of anilines is 1. The third kappa shape index (κ3) is 5.00. The van der Waals surface area contributed by atoms with E-state index in [4.69, 9.17) is 4.98 Å². The fraction of sp³-hybridized carbons (Fsp3) is 0.391. The molecule has 1 heterocycles. The van der Waals surface area contributed by atoms with Crippen molar-refractivity contribution in [1.29, 1.82) is 0 Å². The van der Waals surface area contributed by atoms with Gasteiger partial charge < -0.3 is 4.90 Å². The summed E-state index contributed by atoms with van der Waals surface area (Å²) in [6, 6.07) is 14.2. The number of nitrogens with zero attached hydrogens (tertiary/aromatic N) is 3. The van der Waals surface area contributed by atoms with E-state index in [2.05, 4.69) is 56.2 Å². The van der Waals surface area contributed by atoms with Crippen LogP contribution in [0.15, 0.2) is 47.4 Å². The minimum atomic E-state index is -0.00272. The van der Waals surface area contributed by atoms with Crippen LogP contribution in [0, 0.1) is 0 Å². The van der Waals surface area contributed by atoms with E-state index in [-0.39, 0.29) is 11.3 Å². The van der Waals surface area contributed by atoms with Crippen molar-refractivity contribution in [1.82, 2.24) is 9.88 Å². The van der Waals surface area contributed by atoms with E-state index < -0.39 is 0 Å². The highest BCUT2D eigenvalue weighted by atomic mass is 32.2. The van der Waals surface area contributed by atoms with Gasteiger partial charge in [0.25, 0.3) is 5.91 Å². The quantitative estimate of drug-likeness (QED) is 0.485. The van der Waals surface area contributed by atoms with Gasteiger partial charge in [0, 0.05) is 23.5 Å². The molecule has 0 bridgehead atoms. The number of para-hydroxylation sites is 1. The molecule has 1 aromatic heterocycles. The first kappa shape index (κ1) is 21.8. The van der Waals surface area contributed by atoms with Gasteiger partial charge in [-0.2, -0.15) is 0 Å². The van der Waals surface area contributed by atoms with Crippen LogP contribution >= 0.6 is 23.1 Å². The molecule has 6 heteroatoms. The Morgan fingerprint density at radius 1 is 1.07 bits per heavy atom. The van der Waals surface area contributed by atoms with E-state index in [0.717, 1.165) is 26.8 Å². The zero-order valence-corrected chi connectivity index (χ0v) is 19.7. The van der Waals surface area contributed by atoms with Gasteiger partial charge in [-0.15, -0.1) is 11.8 Å². The third-order valence-corrected chi connectivity index (χ3v) is 6.65. The molecule has 3 aromatic rings. The summed E-state index contributed by atoms with van der Waals surface area (Å²) in [5.74, 6) is -0.00272. The number of fused-ring (bicyclic) bond motifs is 1. The molecular formula is C23H29N3OS2. The second-order valence-corrected chi connectivity index (χ2v) is 10.2. The first-order chi connectivity index (χ1) is 13.7. The first-order valence-electron chi connectivity index (χ1n) is 9.71. The molecule has 0 unspecified atom stereocenters. The molecule has 0 saturated heterocycles. The number of carbonyl (C=O) groups is 1. The molecule has 0 spiro atoms. The largest absolute Gasteiger partial charge is 0.308 e. The highest BCUT2D eigenvalue weighted by molar-refractivity contribution is 7.98. The molecule has 2 aromatic carbocycles. The number of benzene rings is 2. The molecule has 0 aliphatic rings. The lowest BCUT2D eigenvalue weighted by Gasteiger charge is -2.23. The second-order valence-electron chi connectivity index (χ2n) is 8.39. The topological polar surface area (TPSA) is 36.4 Å². The van der Waals surface area contributed by atoms with Crippen molar-refractivity contribution < 1.29 is 4.79 Å². The summed E-state index contributed by atoms with van der Waals surface area (Å²) in [7, 11) is 4.04. The Labute approximate surface area is 181 Å². The van der Waals surface area contributed by atoms with Gasteiger partial charge in [0.1, 0.15) is 0 Å². The molecule has 0 aliphatic heterocycles. The number of hydrogen-bond acceptors (Lipinski definition) is 5. The number of thiazole rings is 1. The summed E-state index contributed by atoms with van der Waals surface area (Å²) in [6.07, 6.45) is 2.06. The van der Waals surface area contributed by atoms with Gasteiger partial charge in [0.05, 0.1) is 10.2 Å². The fourth-order valence-corrected chi connectivity index (χ4v) is 4.69. The van der Waals surface area contributed by atoms with Crippen molar-refractivity contribution >= 4 is 44.4 Å². The Morgan fingerprint density at radius 2 is 1.76 bits per heavy atom. The Balaban J connectivity index is 1.97. The van der Waals surface area contributed by atoms with E-state index in [1.54, 1.807) is 23.1 Å². The lowest BCUT2D eigenvalue weighted by atomic mass is 9.86. The number of likely N-dealkylation sites (N-methyl/N-ethyl adjacent to an activating group) is 1. The predicted octanol–water partition coefficient (Wildman–Crippen LogP) is 5.52. The molecule has 0 fully saturated rings. The maximum absolute atomic E-state index is 13.4. The number of carbonyl (C=O) groups excluding carboxylic acids is 1. The number of aromatic nitrogens is 1. The Bertz CT molecular complexity index is 988. The molecule has 29 heavy (non-hydrogen) atoms. The monoisotopic (exact) mass is 427 g/mol. The summed E-state index contributed by atoms with van der Waals surface area (Å²) in [6.45, 7) is 7.91. The maximum Gasteiger partial charge on any atom is 0.260 e. The zero-order valence-electron chi connectivity index (χ0n) is 18.0. The molecule has 0 N–H and O–H groups in total. The van der Waals surface area contributed by atoms with E-state index in [9.17, 15) is 4.79 Å². The van der Waals surface area contributed by atoms with E-state index in [0.29, 0.717) is 12.1 Å². The Hall–Kier alpha value is -1.89. The van der Waals surface area contributed by atoms with E-state index in [1.165, 1.54) is 5.56 Å². The highest BCUT2D eigenvalue weighted by Crippen LogP contribution is 2.34. The maximum atomic E-state index is 13.4. The lowest BCUT2D eigenvalue weighted by Crippen LogP contribution is -2.36. The van der Waals surface area contributed by atoms with Crippen LogP contribution in [0.5, 0.6) is 0 Å². The number of hydrogen-bond donors (Lipinski definition) is 0. The first-order valence-corrected chi connectivity index (χ1v) is 11.8. The molecule has 3 rings (SSSR count). The van der Waals surface area contributed by atoms with Crippen LogP contribution < -0.4 is 4.90 Å². The van der Waals surface area contributed by atoms with Crippen molar-refractivity contribution in [3.05, 3.63) is 53.6 Å². The van der Waals surface area contributed by atoms with Crippen LogP contribution in [-0.2, 0) is 5.41 Å². The third-order valence-electron chi connectivity index (χ3n) is 4.84. The number of rotatable bonds is 6. The van der Waals surface area contributed by atoms with Gasteiger partial charge in [0.15, 0.2) is 5.13 Å². The Morgan fingerprint density at radius 3 is 2.34 bits per heavy atom. The summed E-state index contributed by atoms with van der Waals surface area (Å²) < 4.78 is 1.11. The number of amides is 1. The van der Waals surface area contributed by atoms with Crippen molar-refractivity contribution in [2.45, 2.75) is 31.1 Å². The molecule has 0 radical (unpaired) electrons. The summed E-state index contributed by atoms with van der Waals surface area (Å²) >= 11 is 3.26. The molecule has 0 atom stereocenters. The van der Waals surface area contributed by atoms with Crippen LogP contribution in [0.1, 0.15) is 36.7 Å². The minimum Gasteiger partial charge on any atom is -0.308 e. The lowest BCUT2D eigenvalue weighted by molar-refractivity contribution is 0.0985.